The van der Waals surface area contributed by atoms with Crippen molar-refractivity contribution in [1.29, 1.82) is 0 Å². The van der Waals surface area contributed by atoms with Gasteiger partial charge in [-0.15, -0.1) is 0 Å². The van der Waals surface area contributed by atoms with E-state index in [2.05, 4.69) is 40.0 Å². The summed E-state index contributed by atoms with van der Waals surface area (Å²) in [4.78, 5) is 2.44. The van der Waals surface area contributed by atoms with Gasteiger partial charge in [0.05, 0.1) is 6.61 Å². The van der Waals surface area contributed by atoms with Gasteiger partial charge in [0.1, 0.15) is 6.61 Å². The highest BCUT2D eigenvalue weighted by molar-refractivity contribution is 9.10. The molecule has 0 aliphatic rings. The van der Waals surface area contributed by atoms with Gasteiger partial charge in [0.15, 0.2) is 11.5 Å². The van der Waals surface area contributed by atoms with E-state index in [1.807, 2.05) is 43.3 Å². The van der Waals surface area contributed by atoms with Crippen molar-refractivity contribution in [3.8, 4) is 11.5 Å². The Bertz CT molecular complexity index is 754. The fraction of sp³-hybridized carbons (Fsp3) is 0.478. The van der Waals surface area contributed by atoms with Crippen LogP contribution in [0.5, 0.6) is 11.5 Å². The summed E-state index contributed by atoms with van der Waals surface area (Å²) in [5.74, 6) is 1.46. The van der Waals surface area contributed by atoms with Crippen LogP contribution in [0.15, 0.2) is 40.9 Å². The molecule has 0 atom stereocenters. The van der Waals surface area contributed by atoms with Crippen LogP contribution in [-0.2, 0) is 13.2 Å². The summed E-state index contributed by atoms with van der Waals surface area (Å²) in [6.07, 6.45) is 1.14. The first-order valence-electron chi connectivity index (χ1n) is 10.3. The third-order valence-electron chi connectivity index (χ3n) is 4.79. The van der Waals surface area contributed by atoms with Crippen molar-refractivity contribution in [1.82, 2.24) is 10.2 Å². The van der Waals surface area contributed by atoms with Crippen molar-refractivity contribution in [2.45, 2.75) is 40.3 Å². The van der Waals surface area contributed by atoms with Gasteiger partial charge in [-0.25, -0.2) is 0 Å². The summed E-state index contributed by atoms with van der Waals surface area (Å²) < 4.78 is 12.9. The molecular weight excluding hydrogens is 452 g/mol. The van der Waals surface area contributed by atoms with Gasteiger partial charge < -0.3 is 19.7 Å². The number of hydrogen-bond acceptors (Lipinski definition) is 4. The zero-order valence-corrected chi connectivity index (χ0v) is 20.0. The highest BCUT2D eigenvalue weighted by atomic mass is 79.9. The van der Waals surface area contributed by atoms with Crippen LogP contribution in [-0.4, -0.2) is 37.7 Å². The van der Waals surface area contributed by atoms with Crippen LogP contribution in [0.3, 0.4) is 0 Å². The molecule has 0 saturated carbocycles. The maximum Gasteiger partial charge on any atom is 0.162 e. The van der Waals surface area contributed by atoms with E-state index in [0.29, 0.717) is 24.0 Å². The second kappa shape index (κ2) is 13.1. The Balaban J connectivity index is 1.96. The first-order valence-corrected chi connectivity index (χ1v) is 11.5. The van der Waals surface area contributed by atoms with Gasteiger partial charge in [0, 0.05) is 21.6 Å². The highest BCUT2D eigenvalue weighted by Gasteiger charge is 2.12. The van der Waals surface area contributed by atoms with Crippen LogP contribution in [0.1, 0.15) is 38.3 Å². The average molecular weight is 484 g/mol. The smallest absolute Gasteiger partial charge is 0.162 e. The number of ether oxygens (including phenoxy) is 2. The molecule has 6 heteroatoms. The summed E-state index contributed by atoms with van der Waals surface area (Å²) in [6.45, 7) is 12.5. The first-order chi connectivity index (χ1) is 14.1. The van der Waals surface area contributed by atoms with Crippen LogP contribution >= 0.6 is 27.5 Å². The fourth-order valence-corrected chi connectivity index (χ4v) is 3.71. The van der Waals surface area contributed by atoms with Crippen molar-refractivity contribution >= 4 is 27.5 Å². The summed E-state index contributed by atoms with van der Waals surface area (Å²) in [6, 6.07) is 11.7. The van der Waals surface area contributed by atoms with Gasteiger partial charge in [-0.1, -0.05) is 59.6 Å². The SMILES string of the molecule is CCOc1cc(CNCCCN(CC)CC)c(Br)cc1OCc1ccccc1Cl. The summed E-state index contributed by atoms with van der Waals surface area (Å²) >= 11 is 9.92. The Morgan fingerprint density at radius 1 is 1.00 bits per heavy atom. The van der Waals surface area contributed by atoms with Gasteiger partial charge in [-0.3, -0.25) is 0 Å². The molecule has 2 aromatic carbocycles. The number of hydrogen-bond donors (Lipinski definition) is 1. The molecule has 0 aliphatic heterocycles. The zero-order valence-electron chi connectivity index (χ0n) is 17.6. The molecule has 0 aromatic heterocycles. The maximum atomic E-state index is 6.24. The summed E-state index contributed by atoms with van der Waals surface area (Å²) in [7, 11) is 0. The molecule has 160 valence electrons. The maximum absolute atomic E-state index is 6.24. The van der Waals surface area contributed by atoms with E-state index in [4.69, 9.17) is 21.1 Å². The molecule has 0 heterocycles. The lowest BCUT2D eigenvalue weighted by molar-refractivity contribution is 0.269. The minimum absolute atomic E-state index is 0.398. The molecule has 0 radical (unpaired) electrons. The van der Waals surface area contributed by atoms with E-state index in [0.717, 1.165) is 60.5 Å². The van der Waals surface area contributed by atoms with Crippen LogP contribution < -0.4 is 14.8 Å². The Kier molecular flexibility index (Phi) is 10.9. The van der Waals surface area contributed by atoms with E-state index in [1.54, 1.807) is 0 Å². The molecule has 0 spiro atoms. The highest BCUT2D eigenvalue weighted by Crippen LogP contribution is 2.34. The lowest BCUT2D eigenvalue weighted by atomic mass is 10.2. The standard InChI is InChI=1S/C23H32BrClN2O2/c1-4-27(5-2)13-9-12-26-16-19-14-22(28-6-3)23(15-20(19)24)29-17-18-10-7-8-11-21(18)25/h7-8,10-11,14-15,26H,4-6,9,12-13,16-17H2,1-3H3. The van der Waals surface area contributed by atoms with E-state index in [-0.39, 0.29) is 0 Å². The topological polar surface area (TPSA) is 33.7 Å². The molecule has 0 saturated heterocycles. The molecule has 0 aliphatic carbocycles. The van der Waals surface area contributed by atoms with Crippen LogP contribution in [0.4, 0.5) is 0 Å². The second-order valence-corrected chi connectivity index (χ2v) is 8.02. The number of halogens is 2. The molecule has 29 heavy (non-hydrogen) atoms. The number of benzene rings is 2. The minimum Gasteiger partial charge on any atom is -0.490 e. The molecule has 1 N–H and O–H groups in total. The summed E-state index contributed by atoms with van der Waals surface area (Å²) in [5, 5.41) is 4.23. The van der Waals surface area contributed by atoms with E-state index in [9.17, 15) is 0 Å². The molecule has 0 unspecified atom stereocenters. The zero-order chi connectivity index (χ0) is 21.1. The quantitative estimate of drug-likeness (QED) is 0.360. The van der Waals surface area contributed by atoms with Gasteiger partial charge in [-0.05, 0) is 63.3 Å². The van der Waals surface area contributed by atoms with Gasteiger partial charge >= 0.3 is 0 Å². The molecule has 0 amide bonds. The second-order valence-electron chi connectivity index (χ2n) is 6.76. The predicted octanol–water partition coefficient (Wildman–Crippen LogP) is 5.90. The van der Waals surface area contributed by atoms with Crippen molar-refractivity contribution in [2.75, 3.05) is 32.8 Å². The van der Waals surface area contributed by atoms with Crippen LogP contribution in [0.2, 0.25) is 5.02 Å². The predicted molar refractivity (Wildman–Crippen MR) is 125 cm³/mol. The molecule has 2 rings (SSSR count). The van der Waals surface area contributed by atoms with Crippen LogP contribution in [0.25, 0.3) is 0 Å². The largest absolute Gasteiger partial charge is 0.490 e. The Labute approximate surface area is 188 Å². The fourth-order valence-electron chi connectivity index (χ4n) is 3.06. The molecule has 2 aromatic rings. The number of rotatable bonds is 13. The third-order valence-corrected chi connectivity index (χ3v) is 5.90. The van der Waals surface area contributed by atoms with E-state index in [1.165, 1.54) is 0 Å². The number of nitrogens with zero attached hydrogens (tertiary/aromatic N) is 1. The lowest BCUT2D eigenvalue weighted by Gasteiger charge is -2.18. The van der Waals surface area contributed by atoms with Crippen molar-refractivity contribution in [2.24, 2.45) is 0 Å². The van der Waals surface area contributed by atoms with Gasteiger partial charge in [0.2, 0.25) is 0 Å². The van der Waals surface area contributed by atoms with E-state index < -0.39 is 0 Å². The van der Waals surface area contributed by atoms with Gasteiger partial charge in [0.25, 0.3) is 0 Å². The van der Waals surface area contributed by atoms with E-state index >= 15 is 0 Å². The van der Waals surface area contributed by atoms with Crippen molar-refractivity contribution in [3.05, 3.63) is 57.0 Å². The lowest BCUT2D eigenvalue weighted by Crippen LogP contribution is -2.27. The van der Waals surface area contributed by atoms with Crippen molar-refractivity contribution < 1.29 is 9.47 Å². The normalized spacial score (nSPS) is 11.1. The van der Waals surface area contributed by atoms with Gasteiger partial charge in [-0.2, -0.15) is 0 Å². The van der Waals surface area contributed by atoms with Crippen molar-refractivity contribution in [3.63, 3.8) is 0 Å². The first kappa shape index (κ1) is 24.0. The average Bonchev–Trinajstić information content (AvgIpc) is 2.72. The van der Waals surface area contributed by atoms with Crippen LogP contribution in [0, 0.1) is 0 Å². The molecule has 0 fully saturated rings. The molecule has 4 nitrogen and oxygen atoms in total. The Hall–Kier alpha value is -1.27. The molecule has 0 bridgehead atoms. The Morgan fingerprint density at radius 3 is 2.41 bits per heavy atom. The third kappa shape index (κ3) is 7.82. The number of nitrogens with one attached hydrogen (secondary N) is 1. The monoisotopic (exact) mass is 482 g/mol. The molecular formula is C23H32BrClN2O2. The summed E-state index contributed by atoms with van der Waals surface area (Å²) in [5.41, 5.74) is 2.10. The minimum atomic E-state index is 0.398. The Morgan fingerprint density at radius 2 is 1.72 bits per heavy atom.